The van der Waals surface area contributed by atoms with Gasteiger partial charge in [-0.3, -0.25) is 25.0 Å². The van der Waals surface area contributed by atoms with Crippen LogP contribution in [-0.4, -0.2) is 67.6 Å². The minimum Gasteiger partial charge on any atom is -0.497 e. The van der Waals surface area contributed by atoms with Crippen LogP contribution in [0.25, 0.3) is 0 Å². The summed E-state index contributed by atoms with van der Waals surface area (Å²) in [7, 11) is 1.63. The minimum atomic E-state index is -1.18. The van der Waals surface area contributed by atoms with Crippen molar-refractivity contribution < 1.29 is 24.0 Å². The molecular formula is C24H27N5O6. The molecule has 11 heteroatoms. The first-order valence-corrected chi connectivity index (χ1v) is 11.3. The van der Waals surface area contributed by atoms with Crippen molar-refractivity contribution in [2.45, 2.75) is 13.0 Å². The molecule has 11 nitrogen and oxygen atoms in total. The van der Waals surface area contributed by atoms with Crippen LogP contribution in [0.3, 0.4) is 0 Å². The molecule has 2 heterocycles. The van der Waals surface area contributed by atoms with E-state index in [9.17, 15) is 19.7 Å². The highest BCUT2D eigenvalue weighted by molar-refractivity contribution is 6.08. The molecule has 2 aliphatic rings. The van der Waals surface area contributed by atoms with Gasteiger partial charge >= 0.3 is 5.97 Å². The van der Waals surface area contributed by atoms with Crippen molar-refractivity contribution >= 4 is 29.2 Å². The number of non-ortho nitro benzene ring substituents is 1. The third-order valence-corrected chi connectivity index (χ3v) is 6.10. The number of nitrogens with one attached hydrogen (secondary N) is 1. The maximum Gasteiger partial charge on any atom is 0.321 e. The normalized spacial score (nSPS) is 20.1. The van der Waals surface area contributed by atoms with Gasteiger partial charge in [-0.05, 0) is 36.8 Å². The van der Waals surface area contributed by atoms with Gasteiger partial charge in [0, 0.05) is 44.0 Å². The van der Waals surface area contributed by atoms with Crippen LogP contribution in [0.15, 0.2) is 53.5 Å². The zero-order valence-electron chi connectivity index (χ0n) is 19.5. The number of aliphatic imine (C=N–C) groups is 1. The highest BCUT2D eigenvalue weighted by Crippen LogP contribution is 2.32. The van der Waals surface area contributed by atoms with Gasteiger partial charge in [0.15, 0.2) is 5.92 Å². The lowest BCUT2D eigenvalue weighted by Gasteiger charge is -2.39. The van der Waals surface area contributed by atoms with Crippen LogP contribution in [0, 0.1) is 16.0 Å². The van der Waals surface area contributed by atoms with Crippen LogP contribution < -0.4 is 15.0 Å². The molecule has 184 valence electrons. The number of nitro benzene ring substituents is 1. The quantitative estimate of drug-likeness (QED) is 0.288. The maximum atomic E-state index is 13.0. The number of ether oxygens (including phenoxy) is 2. The highest BCUT2D eigenvalue weighted by Gasteiger charge is 2.42. The van der Waals surface area contributed by atoms with Gasteiger partial charge < -0.3 is 19.3 Å². The molecule has 0 radical (unpaired) electrons. The number of piperazine rings is 1. The summed E-state index contributed by atoms with van der Waals surface area (Å²) in [6.07, 6.45) is 0. The van der Waals surface area contributed by atoms with E-state index in [1.807, 2.05) is 29.2 Å². The number of hydrogen-bond acceptors (Lipinski definition) is 9. The number of nitro groups is 1. The summed E-state index contributed by atoms with van der Waals surface area (Å²) in [6.45, 7) is 4.44. The van der Waals surface area contributed by atoms with E-state index in [2.05, 4.69) is 10.2 Å². The summed E-state index contributed by atoms with van der Waals surface area (Å²) in [5.74, 6) is -1.19. The Labute approximate surface area is 202 Å². The van der Waals surface area contributed by atoms with E-state index in [0.717, 1.165) is 11.4 Å². The number of methoxy groups -OCH3 is 1. The monoisotopic (exact) mass is 481 g/mol. The number of esters is 1. The molecule has 35 heavy (non-hydrogen) atoms. The molecule has 1 fully saturated rings. The number of rotatable bonds is 6. The number of hydrogen-bond donors (Lipinski definition) is 1. The summed E-state index contributed by atoms with van der Waals surface area (Å²) in [4.78, 5) is 45.1. The number of anilines is 1. The predicted molar refractivity (Wildman–Crippen MR) is 128 cm³/mol. The topological polar surface area (TPSA) is 127 Å². The van der Waals surface area contributed by atoms with Gasteiger partial charge in [-0.2, -0.15) is 0 Å². The lowest BCUT2D eigenvalue weighted by Crippen LogP contribution is -2.57. The third-order valence-electron chi connectivity index (χ3n) is 6.10. The second-order valence-electron chi connectivity index (χ2n) is 8.14. The predicted octanol–water partition coefficient (Wildman–Crippen LogP) is 2.13. The first-order valence-electron chi connectivity index (χ1n) is 11.3. The summed E-state index contributed by atoms with van der Waals surface area (Å²) < 4.78 is 10.3. The highest BCUT2D eigenvalue weighted by atomic mass is 16.6. The second-order valence-corrected chi connectivity index (χ2v) is 8.14. The lowest BCUT2D eigenvalue weighted by molar-refractivity contribution is -0.384. The molecule has 2 aromatic carbocycles. The lowest BCUT2D eigenvalue weighted by atomic mass is 9.91. The Morgan fingerprint density at radius 3 is 2.29 bits per heavy atom. The molecule has 0 aromatic heterocycles. The molecular weight excluding hydrogens is 454 g/mol. The fourth-order valence-electron chi connectivity index (χ4n) is 4.23. The van der Waals surface area contributed by atoms with Gasteiger partial charge in [0.05, 0.1) is 18.6 Å². The molecule has 2 aromatic rings. The summed E-state index contributed by atoms with van der Waals surface area (Å²) in [5, 5.41) is 13.8. The van der Waals surface area contributed by atoms with Crippen LogP contribution in [0.2, 0.25) is 0 Å². The number of carbonyl (C=O) groups is 2. The fourth-order valence-corrected chi connectivity index (χ4v) is 4.23. The average Bonchev–Trinajstić information content (AvgIpc) is 2.88. The molecule has 1 amide bonds. The molecule has 1 N–H and O–H groups in total. The number of nitrogens with zero attached hydrogens (tertiary/aromatic N) is 4. The van der Waals surface area contributed by atoms with Crippen molar-refractivity contribution in [3.63, 3.8) is 0 Å². The Kier molecular flexibility index (Phi) is 7.14. The van der Waals surface area contributed by atoms with Crippen LogP contribution in [0.5, 0.6) is 5.75 Å². The van der Waals surface area contributed by atoms with E-state index in [-0.39, 0.29) is 12.3 Å². The van der Waals surface area contributed by atoms with Crippen LogP contribution in [0.1, 0.15) is 18.5 Å². The Balaban J connectivity index is 1.55. The van der Waals surface area contributed by atoms with Crippen LogP contribution in [0.4, 0.5) is 11.4 Å². The van der Waals surface area contributed by atoms with E-state index < -0.39 is 28.8 Å². The fraction of sp³-hybridized carbons (Fsp3) is 0.375. The van der Waals surface area contributed by atoms with Gasteiger partial charge in [0.25, 0.3) is 5.69 Å². The van der Waals surface area contributed by atoms with Gasteiger partial charge in [0.1, 0.15) is 11.8 Å². The molecule has 2 atom stereocenters. The molecule has 1 saturated heterocycles. The smallest absolute Gasteiger partial charge is 0.321 e. The molecule has 2 aliphatic heterocycles. The van der Waals surface area contributed by atoms with Crippen molar-refractivity contribution in [3.05, 3.63) is 64.2 Å². The van der Waals surface area contributed by atoms with Crippen LogP contribution >= 0.6 is 0 Å². The van der Waals surface area contributed by atoms with Crippen molar-refractivity contribution in [2.75, 3.05) is 44.8 Å². The van der Waals surface area contributed by atoms with Gasteiger partial charge in [-0.15, -0.1) is 0 Å². The largest absolute Gasteiger partial charge is 0.497 e. The first-order chi connectivity index (χ1) is 16.9. The van der Waals surface area contributed by atoms with Crippen molar-refractivity contribution in [1.82, 2.24) is 10.2 Å². The average molecular weight is 482 g/mol. The minimum absolute atomic E-state index is 0.0828. The zero-order valence-corrected chi connectivity index (χ0v) is 19.5. The molecule has 0 saturated carbocycles. The third kappa shape index (κ3) is 5.18. The number of carbonyl (C=O) groups excluding carboxylic acids is 2. The van der Waals surface area contributed by atoms with E-state index in [1.165, 1.54) is 24.3 Å². The summed E-state index contributed by atoms with van der Waals surface area (Å²) in [6, 6.07) is 12.7. The SMILES string of the molecule is CCOC(=O)[C@@H]1C(=O)NC(N2CCN(c3ccc(OC)cc3)CC2)=N[C@@H]1c1ccc([N+](=O)[O-])cc1. The first kappa shape index (κ1) is 24.0. The Bertz CT molecular complexity index is 1110. The standard InChI is InChI=1S/C24H27N5O6/c1-3-35-23(31)20-21(16-4-6-18(7-5-16)29(32)33)25-24(26-22(20)30)28-14-12-27(13-15-28)17-8-10-19(34-2)11-9-17/h4-11,20-21H,3,12-15H2,1-2H3,(H,25,26,30)/t20-,21+/m0/s1. The van der Waals surface area contributed by atoms with Gasteiger partial charge in [-0.1, -0.05) is 12.1 Å². The molecule has 0 bridgehead atoms. The molecule has 4 rings (SSSR count). The Morgan fingerprint density at radius 2 is 1.71 bits per heavy atom. The van der Waals surface area contributed by atoms with Gasteiger partial charge in [0.2, 0.25) is 11.9 Å². The molecule has 0 unspecified atom stereocenters. The van der Waals surface area contributed by atoms with E-state index >= 15 is 0 Å². The Hall–Kier alpha value is -4.15. The van der Waals surface area contributed by atoms with Crippen molar-refractivity contribution in [2.24, 2.45) is 10.9 Å². The number of guanidine groups is 1. The van der Waals surface area contributed by atoms with E-state index in [4.69, 9.17) is 14.5 Å². The summed E-state index contributed by atoms with van der Waals surface area (Å²) in [5.41, 5.74) is 1.52. The number of amides is 1. The zero-order chi connectivity index (χ0) is 24.9. The van der Waals surface area contributed by atoms with Crippen molar-refractivity contribution in [1.29, 1.82) is 0 Å². The van der Waals surface area contributed by atoms with Crippen molar-refractivity contribution in [3.8, 4) is 5.75 Å². The second kappa shape index (κ2) is 10.4. The Morgan fingerprint density at radius 1 is 1.09 bits per heavy atom. The summed E-state index contributed by atoms with van der Waals surface area (Å²) >= 11 is 0. The molecule has 0 spiro atoms. The maximum absolute atomic E-state index is 13.0. The van der Waals surface area contributed by atoms with E-state index in [0.29, 0.717) is 37.7 Å². The van der Waals surface area contributed by atoms with Gasteiger partial charge in [-0.25, -0.2) is 4.99 Å². The molecule has 0 aliphatic carbocycles. The van der Waals surface area contributed by atoms with Crippen LogP contribution in [-0.2, 0) is 14.3 Å². The number of benzene rings is 2. The van der Waals surface area contributed by atoms with E-state index in [1.54, 1.807) is 14.0 Å².